The number of nitrogens with one attached hydrogen (secondary N) is 1. The lowest BCUT2D eigenvalue weighted by molar-refractivity contribution is -0.870. The number of hydrogen-bond acceptors (Lipinski definition) is 10. The zero-order valence-corrected chi connectivity index (χ0v) is 44.0. The van der Waals surface area contributed by atoms with Crippen molar-refractivity contribution in [3.05, 3.63) is 12.2 Å². The van der Waals surface area contributed by atoms with Crippen molar-refractivity contribution in [3.63, 3.8) is 0 Å². The Balaban J connectivity index is 2.57. The number of carbonyl (C=O) groups is 1. The van der Waals surface area contributed by atoms with E-state index in [1.165, 1.54) is 148 Å². The molecular formula is C52H104N2O11P+. The molecule has 6 N–H and O–H groups in total. The largest absolute Gasteiger partial charge is 0.472 e. The molecule has 1 fully saturated rings. The fourth-order valence-electron chi connectivity index (χ4n) is 8.32. The highest BCUT2D eigenvalue weighted by Gasteiger charge is 2.45. The van der Waals surface area contributed by atoms with E-state index in [4.69, 9.17) is 18.5 Å². The zero-order valence-electron chi connectivity index (χ0n) is 43.1. The third-order valence-corrected chi connectivity index (χ3v) is 13.8. The van der Waals surface area contributed by atoms with E-state index in [1.807, 2.05) is 27.2 Å². The number of rotatable bonds is 45. The van der Waals surface area contributed by atoms with Gasteiger partial charge in [-0.2, -0.15) is 0 Å². The number of phosphoric ester groups is 1. The Morgan fingerprint density at radius 1 is 0.682 bits per heavy atom. The van der Waals surface area contributed by atoms with Gasteiger partial charge in [0, 0.05) is 6.42 Å². The first-order valence-corrected chi connectivity index (χ1v) is 28.4. The van der Waals surface area contributed by atoms with Crippen LogP contribution in [0, 0.1) is 5.92 Å². The zero-order chi connectivity index (χ0) is 48.9. The summed E-state index contributed by atoms with van der Waals surface area (Å²) >= 11 is 0. The quantitative estimate of drug-likeness (QED) is 0.0148. The number of hydrogen-bond donors (Lipinski definition) is 6. The van der Waals surface area contributed by atoms with Crippen LogP contribution in [0.4, 0.5) is 0 Å². The second-order valence-electron chi connectivity index (χ2n) is 20.8. The summed E-state index contributed by atoms with van der Waals surface area (Å²) in [6, 6.07) is -0.892. The number of quaternary nitrogens is 1. The first-order valence-electron chi connectivity index (χ1n) is 26.9. The summed E-state index contributed by atoms with van der Waals surface area (Å²) in [6.07, 6.45) is 32.2. The SMILES string of the molecule is CCCCCCCCCCCCCCCCCCCCCC(=O)N[C@@H](CO[C@@H]1O[C@H](COP(=O)(O)OCC[N+](C)(C)C)[C@H](O)[C@H](O)[C@H]1O)[C@H](O)/C=C/CCCCCCCCCCCC(C)C. The predicted octanol–water partition coefficient (Wildman–Crippen LogP) is 10.8. The first kappa shape index (κ1) is 63.1. The van der Waals surface area contributed by atoms with Gasteiger partial charge < -0.3 is 44.6 Å². The second-order valence-corrected chi connectivity index (χ2v) is 22.3. The molecular weight excluding hydrogens is 860 g/mol. The number of phosphoric acid groups is 1. The lowest BCUT2D eigenvalue weighted by Gasteiger charge is -2.40. The molecule has 0 aliphatic carbocycles. The van der Waals surface area contributed by atoms with E-state index in [2.05, 4.69) is 26.1 Å². The number of likely N-dealkylation sites (N-methyl/N-ethyl adjacent to an activating group) is 1. The van der Waals surface area contributed by atoms with Gasteiger partial charge in [-0.1, -0.05) is 206 Å². The van der Waals surface area contributed by atoms with Crippen LogP contribution in [0.5, 0.6) is 0 Å². The van der Waals surface area contributed by atoms with E-state index in [1.54, 1.807) is 6.08 Å². The highest BCUT2D eigenvalue weighted by atomic mass is 31.2. The molecule has 1 amide bonds. The molecule has 1 aliphatic heterocycles. The third-order valence-electron chi connectivity index (χ3n) is 12.8. The Bertz CT molecular complexity index is 1220. The minimum atomic E-state index is -4.52. The van der Waals surface area contributed by atoms with Crippen molar-refractivity contribution in [1.82, 2.24) is 5.32 Å². The molecule has 1 heterocycles. The third kappa shape index (κ3) is 35.2. The average Bonchev–Trinajstić information content (AvgIpc) is 3.26. The molecule has 1 unspecified atom stereocenters. The number of unbranched alkanes of at least 4 members (excludes halogenated alkanes) is 27. The molecule has 13 nitrogen and oxygen atoms in total. The van der Waals surface area contributed by atoms with Crippen LogP contribution in [0.2, 0.25) is 0 Å². The van der Waals surface area contributed by atoms with E-state index in [0.717, 1.165) is 50.9 Å². The fraction of sp³-hybridized carbons (Fsp3) is 0.942. The van der Waals surface area contributed by atoms with Gasteiger partial charge >= 0.3 is 7.82 Å². The summed E-state index contributed by atoms with van der Waals surface area (Å²) in [5, 5.41) is 46.2. The number of carbonyl (C=O) groups excluding carboxylic acids is 1. The van der Waals surface area contributed by atoms with Crippen LogP contribution in [-0.2, 0) is 27.9 Å². The van der Waals surface area contributed by atoms with Crippen LogP contribution in [0.25, 0.3) is 0 Å². The van der Waals surface area contributed by atoms with Crippen LogP contribution < -0.4 is 5.32 Å². The Labute approximate surface area is 403 Å². The van der Waals surface area contributed by atoms with Crippen molar-refractivity contribution >= 4 is 13.7 Å². The Hall–Kier alpha value is -0.960. The molecule has 0 bridgehead atoms. The summed E-state index contributed by atoms with van der Waals surface area (Å²) in [6.45, 7) is 6.31. The van der Waals surface area contributed by atoms with Gasteiger partial charge in [-0.3, -0.25) is 13.8 Å². The lowest BCUT2D eigenvalue weighted by atomic mass is 9.99. The van der Waals surface area contributed by atoms with Crippen molar-refractivity contribution in [2.24, 2.45) is 5.92 Å². The van der Waals surface area contributed by atoms with Crippen molar-refractivity contribution in [2.75, 3.05) is 47.5 Å². The van der Waals surface area contributed by atoms with Crippen LogP contribution in [0.1, 0.15) is 220 Å². The Morgan fingerprint density at radius 3 is 1.64 bits per heavy atom. The smallest absolute Gasteiger partial charge is 0.387 e. The minimum absolute atomic E-state index is 0.0548. The molecule has 66 heavy (non-hydrogen) atoms. The van der Waals surface area contributed by atoms with E-state index < -0.39 is 57.3 Å². The molecule has 1 aliphatic rings. The van der Waals surface area contributed by atoms with Gasteiger partial charge in [0.15, 0.2) is 6.29 Å². The molecule has 0 radical (unpaired) electrons. The normalized spacial score (nSPS) is 21.1. The van der Waals surface area contributed by atoms with Gasteiger partial charge in [-0.15, -0.1) is 0 Å². The molecule has 0 saturated carbocycles. The summed E-state index contributed by atoms with van der Waals surface area (Å²) in [7, 11) is 1.19. The highest BCUT2D eigenvalue weighted by molar-refractivity contribution is 7.47. The maximum absolute atomic E-state index is 13.2. The Morgan fingerprint density at radius 2 is 1.15 bits per heavy atom. The summed E-state index contributed by atoms with van der Waals surface area (Å²) < 4.78 is 34.7. The number of allylic oxidation sites excluding steroid dienone is 1. The number of nitrogens with zero attached hydrogens (tertiary/aromatic N) is 1. The first-order chi connectivity index (χ1) is 31.6. The Kier molecular flexibility index (Phi) is 38.0. The second kappa shape index (κ2) is 39.7. The standard InChI is InChI=1S/C52H103N2O11P/c1-7-8-9-10-11-12-13-14-15-16-17-18-19-20-24-27-30-33-36-39-48(56)53-45(46(55)38-35-32-29-26-23-21-22-25-28-31-34-37-44(2)3)42-62-52-51(59)50(58)49(57)47(65-52)43-64-66(60,61)63-41-40-54(4,5)6/h35,38,44-47,49-52,55,57-59H,7-34,36-37,39-43H2,1-6H3,(H-,53,56,60,61)/p+1/b38-35+/t45-,46+,47+,49-,50-,51+,52+/m0/s1. The van der Waals surface area contributed by atoms with E-state index in [0.29, 0.717) is 17.4 Å². The van der Waals surface area contributed by atoms with Crippen LogP contribution in [0.3, 0.4) is 0 Å². The monoisotopic (exact) mass is 964 g/mol. The van der Waals surface area contributed by atoms with Gasteiger partial charge in [-0.05, 0) is 25.2 Å². The van der Waals surface area contributed by atoms with Gasteiger partial charge in [0.1, 0.15) is 37.6 Å². The lowest BCUT2D eigenvalue weighted by Crippen LogP contribution is -2.60. The highest BCUT2D eigenvalue weighted by Crippen LogP contribution is 2.43. The summed E-state index contributed by atoms with van der Waals surface area (Å²) in [4.78, 5) is 23.4. The molecule has 1 rings (SSSR count). The van der Waals surface area contributed by atoms with Gasteiger partial charge in [0.25, 0.3) is 0 Å². The molecule has 14 heteroatoms. The number of aliphatic hydroxyl groups excluding tert-OH is 4. The molecule has 0 spiro atoms. The minimum Gasteiger partial charge on any atom is -0.387 e. The van der Waals surface area contributed by atoms with Crippen molar-refractivity contribution in [3.8, 4) is 0 Å². The van der Waals surface area contributed by atoms with Gasteiger partial charge in [0.2, 0.25) is 5.91 Å². The maximum Gasteiger partial charge on any atom is 0.472 e. The van der Waals surface area contributed by atoms with Crippen molar-refractivity contribution in [1.29, 1.82) is 0 Å². The average molecular weight is 964 g/mol. The fourth-order valence-corrected chi connectivity index (χ4v) is 9.04. The van der Waals surface area contributed by atoms with Gasteiger partial charge in [0.05, 0.1) is 46.5 Å². The number of amides is 1. The van der Waals surface area contributed by atoms with Crippen LogP contribution >= 0.6 is 7.82 Å². The molecule has 0 aromatic heterocycles. The van der Waals surface area contributed by atoms with Crippen molar-refractivity contribution < 1.29 is 57.7 Å². The number of aliphatic hydroxyl groups is 4. The van der Waals surface area contributed by atoms with Crippen molar-refractivity contribution in [2.45, 2.75) is 263 Å². The van der Waals surface area contributed by atoms with E-state index in [9.17, 15) is 34.7 Å². The summed E-state index contributed by atoms with van der Waals surface area (Å²) in [5.74, 6) is 0.563. The molecule has 1 saturated heterocycles. The predicted molar refractivity (Wildman–Crippen MR) is 268 cm³/mol. The molecule has 8 atom stereocenters. The number of ether oxygens (including phenoxy) is 2. The maximum atomic E-state index is 13.2. The van der Waals surface area contributed by atoms with E-state index in [-0.39, 0.29) is 19.1 Å². The van der Waals surface area contributed by atoms with Crippen LogP contribution in [0.15, 0.2) is 12.2 Å². The van der Waals surface area contributed by atoms with Gasteiger partial charge in [-0.25, -0.2) is 4.57 Å². The van der Waals surface area contributed by atoms with Crippen LogP contribution in [-0.4, -0.2) is 126 Å². The van der Waals surface area contributed by atoms with E-state index >= 15 is 0 Å². The topological polar surface area (TPSA) is 184 Å². The molecule has 0 aromatic rings. The molecule has 392 valence electrons. The summed E-state index contributed by atoms with van der Waals surface area (Å²) in [5.41, 5.74) is 0. The molecule has 0 aromatic carbocycles.